The van der Waals surface area contributed by atoms with Gasteiger partial charge in [0.2, 0.25) is 5.91 Å². The van der Waals surface area contributed by atoms with E-state index in [1.165, 1.54) is 0 Å². The standard InChI is InChI=1S/C19H28N2O4/c1-6-7-11-25-17(23)13(2)20-16(22)14-9-8-10-15(12-14)21-18(24)19(3,4)5/h8-10,12-13H,6-7,11H2,1-5H3,(H,20,22)(H,21,24)/t13-/m1/s1. The lowest BCUT2D eigenvalue weighted by atomic mass is 9.95. The largest absolute Gasteiger partial charge is 0.464 e. The highest BCUT2D eigenvalue weighted by Crippen LogP contribution is 2.18. The lowest BCUT2D eigenvalue weighted by Crippen LogP contribution is -2.39. The fraction of sp³-hybridized carbons (Fsp3) is 0.526. The second-order valence-electron chi connectivity index (χ2n) is 7.00. The van der Waals surface area contributed by atoms with Crippen molar-refractivity contribution in [2.24, 2.45) is 5.41 Å². The van der Waals surface area contributed by atoms with E-state index in [4.69, 9.17) is 4.74 Å². The van der Waals surface area contributed by atoms with Crippen LogP contribution in [0.25, 0.3) is 0 Å². The van der Waals surface area contributed by atoms with E-state index in [0.29, 0.717) is 17.9 Å². The third kappa shape index (κ3) is 6.95. The zero-order valence-corrected chi connectivity index (χ0v) is 15.6. The summed E-state index contributed by atoms with van der Waals surface area (Å²) < 4.78 is 5.08. The predicted molar refractivity (Wildman–Crippen MR) is 97.3 cm³/mol. The molecule has 1 aromatic carbocycles. The lowest BCUT2D eigenvalue weighted by Gasteiger charge is -2.18. The maximum absolute atomic E-state index is 12.3. The summed E-state index contributed by atoms with van der Waals surface area (Å²) in [4.78, 5) is 36.1. The average Bonchev–Trinajstić information content (AvgIpc) is 2.54. The van der Waals surface area contributed by atoms with Crippen LogP contribution < -0.4 is 10.6 Å². The van der Waals surface area contributed by atoms with E-state index in [1.807, 2.05) is 27.7 Å². The Kier molecular flexibility index (Phi) is 7.61. The van der Waals surface area contributed by atoms with Crippen LogP contribution in [0.1, 0.15) is 57.8 Å². The van der Waals surface area contributed by atoms with Gasteiger partial charge in [0.05, 0.1) is 6.61 Å². The number of amides is 2. The molecule has 1 aromatic rings. The Morgan fingerprint density at radius 1 is 1.20 bits per heavy atom. The summed E-state index contributed by atoms with van der Waals surface area (Å²) in [5.74, 6) is -0.997. The first-order valence-corrected chi connectivity index (χ1v) is 8.54. The zero-order chi connectivity index (χ0) is 19.0. The number of hydrogen-bond donors (Lipinski definition) is 2. The molecule has 0 bridgehead atoms. The molecule has 6 heteroatoms. The van der Waals surface area contributed by atoms with Gasteiger partial charge in [0.1, 0.15) is 6.04 Å². The number of ether oxygens (including phenoxy) is 1. The highest BCUT2D eigenvalue weighted by atomic mass is 16.5. The third-order valence-corrected chi connectivity index (χ3v) is 3.51. The summed E-state index contributed by atoms with van der Waals surface area (Å²) in [6.07, 6.45) is 1.73. The smallest absolute Gasteiger partial charge is 0.328 e. The van der Waals surface area contributed by atoms with Gasteiger partial charge in [0.15, 0.2) is 0 Å². The number of esters is 1. The molecular formula is C19H28N2O4. The van der Waals surface area contributed by atoms with Gasteiger partial charge < -0.3 is 15.4 Å². The van der Waals surface area contributed by atoms with Crippen molar-refractivity contribution in [3.63, 3.8) is 0 Å². The van der Waals surface area contributed by atoms with Gasteiger partial charge >= 0.3 is 5.97 Å². The molecule has 2 amide bonds. The minimum Gasteiger partial charge on any atom is -0.464 e. The Morgan fingerprint density at radius 3 is 2.48 bits per heavy atom. The molecule has 138 valence electrons. The monoisotopic (exact) mass is 348 g/mol. The van der Waals surface area contributed by atoms with Crippen molar-refractivity contribution >= 4 is 23.5 Å². The quantitative estimate of drug-likeness (QED) is 0.586. The average molecular weight is 348 g/mol. The molecule has 0 aliphatic heterocycles. The van der Waals surface area contributed by atoms with E-state index < -0.39 is 23.3 Å². The van der Waals surface area contributed by atoms with E-state index in [9.17, 15) is 14.4 Å². The van der Waals surface area contributed by atoms with Crippen LogP contribution in [0.3, 0.4) is 0 Å². The number of nitrogens with one attached hydrogen (secondary N) is 2. The van der Waals surface area contributed by atoms with Gasteiger partial charge in [-0.1, -0.05) is 40.2 Å². The van der Waals surface area contributed by atoms with Gasteiger partial charge in [-0.2, -0.15) is 0 Å². The van der Waals surface area contributed by atoms with Crippen LogP contribution in [-0.4, -0.2) is 30.4 Å². The molecule has 6 nitrogen and oxygen atoms in total. The number of rotatable bonds is 7. The number of anilines is 1. The molecule has 0 heterocycles. The highest BCUT2D eigenvalue weighted by molar-refractivity contribution is 5.99. The van der Waals surface area contributed by atoms with Crippen LogP contribution >= 0.6 is 0 Å². The molecule has 1 atom stereocenters. The maximum Gasteiger partial charge on any atom is 0.328 e. The van der Waals surface area contributed by atoms with Crippen LogP contribution in [0.5, 0.6) is 0 Å². The molecule has 2 N–H and O–H groups in total. The Hall–Kier alpha value is -2.37. The van der Waals surface area contributed by atoms with Gasteiger partial charge in [0, 0.05) is 16.7 Å². The van der Waals surface area contributed by atoms with Crippen LogP contribution in [-0.2, 0) is 14.3 Å². The Balaban J connectivity index is 2.68. The summed E-state index contributed by atoms with van der Waals surface area (Å²) in [6.45, 7) is 9.37. The SMILES string of the molecule is CCCCOC(=O)[C@@H](C)NC(=O)c1cccc(NC(=O)C(C)(C)C)c1. The first-order valence-electron chi connectivity index (χ1n) is 8.54. The molecule has 25 heavy (non-hydrogen) atoms. The normalized spacial score (nSPS) is 12.2. The molecule has 1 rings (SSSR count). The molecule has 0 spiro atoms. The number of benzene rings is 1. The summed E-state index contributed by atoms with van der Waals surface area (Å²) in [5.41, 5.74) is 0.361. The molecule has 0 aliphatic carbocycles. The zero-order valence-electron chi connectivity index (χ0n) is 15.6. The van der Waals surface area contributed by atoms with Crippen molar-refractivity contribution in [3.8, 4) is 0 Å². The molecule has 0 aromatic heterocycles. The summed E-state index contributed by atoms with van der Waals surface area (Å²) in [7, 11) is 0. The first kappa shape index (κ1) is 20.7. The van der Waals surface area contributed by atoms with Crippen molar-refractivity contribution in [3.05, 3.63) is 29.8 Å². The molecule has 0 aliphatic rings. The minimum absolute atomic E-state index is 0.141. The molecule has 0 unspecified atom stereocenters. The van der Waals surface area contributed by atoms with Crippen LogP contribution in [0.15, 0.2) is 24.3 Å². The van der Waals surface area contributed by atoms with Crippen molar-refractivity contribution in [2.45, 2.75) is 53.5 Å². The topological polar surface area (TPSA) is 84.5 Å². The van der Waals surface area contributed by atoms with Gasteiger partial charge in [-0.25, -0.2) is 4.79 Å². The Morgan fingerprint density at radius 2 is 1.88 bits per heavy atom. The molecular weight excluding hydrogens is 320 g/mol. The number of unbranched alkanes of at least 4 members (excludes halogenated alkanes) is 1. The van der Waals surface area contributed by atoms with Gasteiger partial charge in [-0.3, -0.25) is 9.59 Å². The second kappa shape index (κ2) is 9.20. The van der Waals surface area contributed by atoms with E-state index >= 15 is 0 Å². The van der Waals surface area contributed by atoms with Gasteiger partial charge in [0.25, 0.3) is 5.91 Å². The van der Waals surface area contributed by atoms with Crippen LogP contribution in [0, 0.1) is 5.41 Å². The molecule has 0 saturated carbocycles. The summed E-state index contributed by atoms with van der Waals surface area (Å²) >= 11 is 0. The van der Waals surface area contributed by atoms with Crippen LogP contribution in [0.4, 0.5) is 5.69 Å². The van der Waals surface area contributed by atoms with E-state index in [2.05, 4.69) is 10.6 Å². The van der Waals surface area contributed by atoms with Gasteiger partial charge in [-0.05, 0) is 31.5 Å². The van der Waals surface area contributed by atoms with Crippen molar-refractivity contribution < 1.29 is 19.1 Å². The molecule has 0 radical (unpaired) electrons. The van der Waals surface area contributed by atoms with E-state index in [-0.39, 0.29) is 5.91 Å². The Labute approximate surface area is 149 Å². The van der Waals surface area contributed by atoms with Gasteiger partial charge in [-0.15, -0.1) is 0 Å². The minimum atomic E-state index is -0.739. The fourth-order valence-corrected chi connectivity index (χ4v) is 1.84. The Bertz CT molecular complexity index is 620. The number of carbonyl (C=O) groups excluding carboxylic acids is 3. The summed E-state index contributed by atoms with van der Waals surface area (Å²) in [6, 6.07) is 5.85. The second-order valence-corrected chi connectivity index (χ2v) is 7.00. The number of hydrogen-bond acceptors (Lipinski definition) is 4. The van der Waals surface area contributed by atoms with E-state index in [0.717, 1.165) is 12.8 Å². The fourth-order valence-electron chi connectivity index (χ4n) is 1.84. The van der Waals surface area contributed by atoms with Crippen molar-refractivity contribution in [1.29, 1.82) is 0 Å². The van der Waals surface area contributed by atoms with Crippen LogP contribution in [0.2, 0.25) is 0 Å². The van der Waals surface area contributed by atoms with Crippen molar-refractivity contribution in [1.82, 2.24) is 5.32 Å². The van der Waals surface area contributed by atoms with E-state index in [1.54, 1.807) is 31.2 Å². The predicted octanol–water partition coefficient (Wildman–Crippen LogP) is 3.13. The molecule has 0 fully saturated rings. The van der Waals surface area contributed by atoms with Crippen molar-refractivity contribution in [2.75, 3.05) is 11.9 Å². The highest BCUT2D eigenvalue weighted by Gasteiger charge is 2.22. The lowest BCUT2D eigenvalue weighted by molar-refractivity contribution is -0.145. The summed E-state index contributed by atoms with van der Waals surface area (Å²) in [5, 5.41) is 5.38. The number of carbonyl (C=O) groups is 3. The third-order valence-electron chi connectivity index (χ3n) is 3.51. The maximum atomic E-state index is 12.3. The first-order chi connectivity index (χ1) is 11.6. The molecule has 0 saturated heterocycles.